The Morgan fingerprint density at radius 1 is 0.567 bits per heavy atom. The van der Waals surface area contributed by atoms with Crippen molar-refractivity contribution in [2.45, 2.75) is 281 Å². The molecule has 7 unspecified atom stereocenters. The molecule has 1 fully saturated rings. The first-order valence-electron chi connectivity index (χ1n) is 25.5. The summed E-state index contributed by atoms with van der Waals surface area (Å²) in [5.41, 5.74) is 0. The van der Waals surface area contributed by atoms with Gasteiger partial charge in [0, 0.05) is 6.42 Å². The Labute approximate surface area is 369 Å². The van der Waals surface area contributed by atoms with Crippen LogP contribution in [0.15, 0.2) is 24.3 Å². The van der Waals surface area contributed by atoms with E-state index >= 15 is 0 Å². The van der Waals surface area contributed by atoms with Gasteiger partial charge in [0.15, 0.2) is 6.29 Å². The molecule has 0 aliphatic carbocycles. The quantitative estimate of drug-likeness (QED) is 0.0262. The second-order valence-corrected chi connectivity index (χ2v) is 18.0. The van der Waals surface area contributed by atoms with Crippen molar-refractivity contribution in [2.75, 3.05) is 13.2 Å². The molecule has 1 heterocycles. The van der Waals surface area contributed by atoms with E-state index in [4.69, 9.17) is 9.47 Å². The van der Waals surface area contributed by atoms with E-state index in [0.29, 0.717) is 12.8 Å². The molecule has 0 spiro atoms. The molecule has 0 aromatic carbocycles. The summed E-state index contributed by atoms with van der Waals surface area (Å²) in [5, 5.41) is 54.5. The Morgan fingerprint density at radius 3 is 1.45 bits per heavy atom. The summed E-state index contributed by atoms with van der Waals surface area (Å²) >= 11 is 0. The zero-order valence-corrected chi connectivity index (χ0v) is 39.0. The number of carbonyl (C=O) groups is 1. The molecule has 354 valence electrons. The molecule has 0 aromatic heterocycles. The summed E-state index contributed by atoms with van der Waals surface area (Å²) in [4.78, 5) is 13.0. The first-order valence-corrected chi connectivity index (χ1v) is 25.5. The summed E-state index contributed by atoms with van der Waals surface area (Å²) in [6.07, 6.45) is 43.2. The van der Waals surface area contributed by atoms with Crippen LogP contribution in [0.1, 0.15) is 239 Å². The maximum atomic E-state index is 13.0. The molecule has 1 saturated heterocycles. The van der Waals surface area contributed by atoms with Crippen molar-refractivity contribution in [3.8, 4) is 0 Å². The molecule has 1 rings (SSSR count). The molecule has 0 radical (unpaired) electrons. The molecule has 6 N–H and O–H groups in total. The molecule has 9 heteroatoms. The van der Waals surface area contributed by atoms with Crippen molar-refractivity contribution in [2.24, 2.45) is 0 Å². The van der Waals surface area contributed by atoms with Gasteiger partial charge in [0.25, 0.3) is 0 Å². The van der Waals surface area contributed by atoms with E-state index in [0.717, 1.165) is 51.4 Å². The van der Waals surface area contributed by atoms with Gasteiger partial charge in [0.05, 0.1) is 25.4 Å². The van der Waals surface area contributed by atoms with Crippen molar-refractivity contribution in [1.29, 1.82) is 0 Å². The number of aliphatic hydroxyl groups excluding tert-OH is 5. The molecule has 0 saturated carbocycles. The number of hydrogen-bond acceptors (Lipinski definition) is 8. The Morgan fingerprint density at radius 2 is 0.983 bits per heavy atom. The first kappa shape index (κ1) is 56.7. The first-order chi connectivity index (χ1) is 29.3. The van der Waals surface area contributed by atoms with Gasteiger partial charge in [-0.05, 0) is 44.9 Å². The number of allylic oxidation sites excluding steroid dienone is 4. The standard InChI is InChI=1S/C51H97NO8/c1-3-5-7-9-11-13-15-17-19-21-23-24-26-28-30-32-34-36-38-40-45(54)44(43-59-51-50(58)49(57)48(56)46(42-53)60-51)52-47(55)41-39-37-35-33-31-29-27-25-22-20-18-16-14-12-10-8-6-4-2/h14,16,20,22,44-46,48-51,53-54,56-58H,3-13,15,17-19,21,23-43H2,1-2H3,(H,52,55)/b16-14-,22-20-. The molecular weight excluding hydrogens is 755 g/mol. The number of rotatable bonds is 43. The largest absolute Gasteiger partial charge is 0.394 e. The van der Waals surface area contributed by atoms with Gasteiger partial charge in [0.1, 0.15) is 24.4 Å². The summed E-state index contributed by atoms with van der Waals surface area (Å²) in [7, 11) is 0. The van der Waals surface area contributed by atoms with E-state index < -0.39 is 49.5 Å². The minimum Gasteiger partial charge on any atom is -0.394 e. The van der Waals surface area contributed by atoms with Crippen molar-refractivity contribution in [3.63, 3.8) is 0 Å². The van der Waals surface area contributed by atoms with Crippen molar-refractivity contribution in [1.82, 2.24) is 5.32 Å². The molecule has 1 amide bonds. The van der Waals surface area contributed by atoms with Crippen LogP contribution in [0.2, 0.25) is 0 Å². The summed E-state index contributed by atoms with van der Waals surface area (Å²) in [6, 6.07) is -0.721. The number of ether oxygens (including phenoxy) is 2. The van der Waals surface area contributed by atoms with Crippen molar-refractivity contribution < 1.29 is 39.8 Å². The van der Waals surface area contributed by atoms with Crippen LogP contribution >= 0.6 is 0 Å². The normalized spacial score (nSPS) is 20.7. The molecule has 0 bridgehead atoms. The lowest BCUT2D eigenvalue weighted by atomic mass is 9.99. The Kier molecular flexibility index (Phi) is 39.4. The third kappa shape index (κ3) is 31.5. The molecule has 7 atom stereocenters. The molecule has 0 aromatic rings. The van der Waals surface area contributed by atoms with Gasteiger partial charge in [0.2, 0.25) is 5.91 Å². The van der Waals surface area contributed by atoms with Crippen LogP contribution in [0.3, 0.4) is 0 Å². The summed E-state index contributed by atoms with van der Waals surface area (Å²) < 4.78 is 11.3. The fourth-order valence-electron chi connectivity index (χ4n) is 8.19. The van der Waals surface area contributed by atoms with Crippen LogP contribution in [0.25, 0.3) is 0 Å². The summed E-state index contributed by atoms with van der Waals surface area (Å²) in [6.45, 7) is 3.83. The number of amides is 1. The molecule has 1 aliphatic heterocycles. The average molecular weight is 852 g/mol. The molecular formula is C51H97NO8. The maximum Gasteiger partial charge on any atom is 0.220 e. The third-order valence-electron chi connectivity index (χ3n) is 12.3. The highest BCUT2D eigenvalue weighted by Crippen LogP contribution is 2.23. The fourth-order valence-corrected chi connectivity index (χ4v) is 8.19. The van der Waals surface area contributed by atoms with Crippen molar-refractivity contribution in [3.05, 3.63) is 24.3 Å². The molecule has 9 nitrogen and oxygen atoms in total. The van der Waals surface area contributed by atoms with Gasteiger partial charge < -0.3 is 40.3 Å². The van der Waals surface area contributed by atoms with E-state index in [-0.39, 0.29) is 12.5 Å². The maximum absolute atomic E-state index is 13.0. The SMILES string of the molecule is CCCCCC/C=C\C/C=C\CCCCCCCCCC(=O)NC(COC1OC(CO)C(O)C(O)C1O)C(O)CCCCCCCCCCCCCCCCCCCCC. The lowest BCUT2D eigenvalue weighted by Crippen LogP contribution is -2.60. The highest BCUT2D eigenvalue weighted by molar-refractivity contribution is 5.76. The number of carbonyl (C=O) groups excluding carboxylic acids is 1. The average Bonchev–Trinajstić information content (AvgIpc) is 3.25. The highest BCUT2D eigenvalue weighted by atomic mass is 16.7. The predicted octanol–water partition coefficient (Wildman–Crippen LogP) is 11.5. The number of unbranched alkanes of at least 4 members (excludes halogenated alkanes) is 29. The van der Waals surface area contributed by atoms with Crippen LogP contribution < -0.4 is 5.32 Å². The van der Waals surface area contributed by atoms with Gasteiger partial charge in [-0.1, -0.05) is 212 Å². The minimum absolute atomic E-state index is 0.139. The minimum atomic E-state index is -1.55. The van der Waals surface area contributed by atoms with Gasteiger partial charge in [-0.3, -0.25) is 4.79 Å². The van der Waals surface area contributed by atoms with Crippen LogP contribution in [0.5, 0.6) is 0 Å². The van der Waals surface area contributed by atoms with E-state index in [1.165, 1.54) is 161 Å². The fraction of sp³-hybridized carbons (Fsp3) is 0.902. The van der Waals surface area contributed by atoms with Crippen LogP contribution in [0, 0.1) is 0 Å². The Bertz CT molecular complexity index is 992. The van der Waals surface area contributed by atoms with Gasteiger partial charge in [-0.2, -0.15) is 0 Å². The second-order valence-electron chi connectivity index (χ2n) is 18.0. The topological polar surface area (TPSA) is 149 Å². The van der Waals surface area contributed by atoms with Gasteiger partial charge in [-0.15, -0.1) is 0 Å². The van der Waals surface area contributed by atoms with Crippen molar-refractivity contribution >= 4 is 5.91 Å². The van der Waals surface area contributed by atoms with E-state index in [2.05, 4.69) is 43.5 Å². The zero-order chi connectivity index (χ0) is 43.7. The highest BCUT2D eigenvalue weighted by Gasteiger charge is 2.44. The Balaban J connectivity index is 2.28. The number of hydrogen-bond donors (Lipinski definition) is 6. The number of nitrogens with one attached hydrogen (secondary N) is 1. The van der Waals surface area contributed by atoms with Crippen LogP contribution in [-0.4, -0.2) is 87.5 Å². The lowest BCUT2D eigenvalue weighted by molar-refractivity contribution is -0.302. The van der Waals surface area contributed by atoms with Gasteiger partial charge >= 0.3 is 0 Å². The monoisotopic (exact) mass is 852 g/mol. The van der Waals surface area contributed by atoms with E-state index in [9.17, 15) is 30.3 Å². The van der Waals surface area contributed by atoms with Crippen LogP contribution in [0.4, 0.5) is 0 Å². The third-order valence-corrected chi connectivity index (χ3v) is 12.3. The summed E-state index contributed by atoms with van der Waals surface area (Å²) in [5.74, 6) is -0.150. The second kappa shape index (κ2) is 41.7. The van der Waals surface area contributed by atoms with E-state index in [1.807, 2.05) is 0 Å². The van der Waals surface area contributed by atoms with Gasteiger partial charge in [-0.25, -0.2) is 0 Å². The smallest absolute Gasteiger partial charge is 0.220 e. The lowest BCUT2D eigenvalue weighted by Gasteiger charge is -2.40. The van der Waals surface area contributed by atoms with E-state index in [1.54, 1.807) is 0 Å². The van der Waals surface area contributed by atoms with Crippen LogP contribution in [-0.2, 0) is 14.3 Å². The zero-order valence-electron chi connectivity index (χ0n) is 39.0. The number of aliphatic hydroxyl groups is 5. The molecule has 1 aliphatic rings. The molecule has 60 heavy (non-hydrogen) atoms. The Hall–Kier alpha value is -1.33. The predicted molar refractivity (Wildman–Crippen MR) is 249 cm³/mol.